The molecule has 1 fully saturated rings. The van der Waals surface area contributed by atoms with E-state index in [1.54, 1.807) is 114 Å². The summed E-state index contributed by atoms with van der Waals surface area (Å²) in [7, 11) is 6.08. The SMILES string of the molecule is CCC(C)C(C(CC(=O)N1CCCC1C(OC)C(C)C(=O)NC(C)C(O)c1ccccc1)OC)N(C)C(=O)C(NC(=O)C(C(C)C)N(C)C(=O)OCc1ccc(NC(=O)C(CCCNC(N)=O)NC(=O)C(NC(=O)CCOCCOCCOCCOCCNC(=O)CCC(=O)N2Cc3ccccc3C#Cc3ccccc32)C(C)C)cc1)C(C)C. The van der Waals surface area contributed by atoms with E-state index in [9.17, 15) is 57.8 Å². The molecule has 31 nitrogen and oxygen atoms in total. The van der Waals surface area contributed by atoms with Crippen LogP contribution in [0.25, 0.3) is 0 Å². The molecule has 10 N–H and O–H groups in total. The van der Waals surface area contributed by atoms with Crippen LogP contribution in [0, 0.1) is 41.4 Å². The van der Waals surface area contributed by atoms with E-state index >= 15 is 0 Å². The van der Waals surface area contributed by atoms with E-state index in [-0.39, 0.29) is 127 Å². The summed E-state index contributed by atoms with van der Waals surface area (Å²) in [6, 6.07) is 23.8. The first kappa shape index (κ1) is 97.8. The van der Waals surface area contributed by atoms with Gasteiger partial charge in [-0.3, -0.25) is 48.1 Å². The number of nitrogens with zero attached hydrogens (tertiary/aromatic N) is 4. The van der Waals surface area contributed by atoms with E-state index in [2.05, 4.69) is 49.1 Å². The molecule has 0 aliphatic carbocycles. The molecule has 0 saturated carbocycles. The Morgan fingerprint density at radius 3 is 1.83 bits per heavy atom. The minimum atomic E-state index is -1.14. The summed E-state index contributed by atoms with van der Waals surface area (Å²) < 4.78 is 40.2. The van der Waals surface area contributed by atoms with Crippen LogP contribution in [0.2, 0.25) is 0 Å². The number of para-hydroxylation sites is 1. The molecule has 4 aromatic rings. The zero-order valence-corrected chi connectivity index (χ0v) is 71.7. The number of urea groups is 1. The number of benzene rings is 4. The Bertz CT molecular complexity index is 3990. The Kier molecular flexibility index (Phi) is 41.7. The summed E-state index contributed by atoms with van der Waals surface area (Å²) >= 11 is 0. The number of carbonyl (C=O) groups is 11. The van der Waals surface area contributed by atoms with Crippen LogP contribution < -0.4 is 47.9 Å². The monoisotopic (exact) mass is 1660 g/mol. The maximum atomic E-state index is 14.9. The molecule has 1 saturated heterocycles. The number of rotatable bonds is 50. The molecule has 2 aliphatic heterocycles. The zero-order valence-electron chi connectivity index (χ0n) is 71.7. The van der Waals surface area contributed by atoms with Gasteiger partial charge in [0.05, 0.1) is 114 Å². The first-order valence-electron chi connectivity index (χ1n) is 41.4. The number of fused-ring (bicyclic) bond motifs is 2. The van der Waals surface area contributed by atoms with E-state index in [4.69, 9.17) is 38.9 Å². The number of likely N-dealkylation sites (tertiary alicyclic amines) is 1. The Morgan fingerprint density at radius 1 is 0.597 bits per heavy atom. The number of aliphatic hydroxyl groups is 1. The van der Waals surface area contributed by atoms with Gasteiger partial charge in [0.2, 0.25) is 53.2 Å². The molecule has 12 amide bonds. The van der Waals surface area contributed by atoms with Crippen molar-refractivity contribution in [2.75, 3.05) is 111 Å². The Labute approximate surface area is 701 Å². The molecule has 0 aromatic heterocycles. The van der Waals surface area contributed by atoms with Crippen molar-refractivity contribution in [1.29, 1.82) is 0 Å². The zero-order chi connectivity index (χ0) is 87.3. The van der Waals surface area contributed by atoms with Crippen molar-refractivity contribution in [3.63, 3.8) is 0 Å². The number of hydrogen-bond acceptors (Lipinski definition) is 19. The van der Waals surface area contributed by atoms with Crippen molar-refractivity contribution in [3.8, 4) is 11.8 Å². The highest BCUT2D eigenvalue weighted by Gasteiger charge is 2.44. The lowest BCUT2D eigenvalue weighted by Crippen LogP contribution is -2.60. The first-order valence-corrected chi connectivity index (χ1v) is 41.4. The van der Waals surface area contributed by atoms with Crippen LogP contribution in [0.5, 0.6) is 0 Å². The van der Waals surface area contributed by atoms with E-state index in [1.165, 1.54) is 26.2 Å². The van der Waals surface area contributed by atoms with Gasteiger partial charge < -0.3 is 95.9 Å². The number of anilines is 2. The number of likely N-dealkylation sites (N-methyl/N-ethyl adjacent to an activating group) is 2. The number of methoxy groups -OCH3 is 2. The molecule has 12 unspecified atom stereocenters. The molecular weight excluding hydrogens is 1530 g/mol. The lowest BCUT2D eigenvalue weighted by Gasteiger charge is -2.41. The topological polar surface area (TPSA) is 396 Å². The molecule has 2 heterocycles. The fourth-order valence-electron chi connectivity index (χ4n) is 14.5. The summed E-state index contributed by atoms with van der Waals surface area (Å²) in [5.41, 5.74) is 10.0. The minimum absolute atomic E-state index is 0.0219. The average Bonchev–Trinajstić information content (AvgIpc) is 1.43. The minimum Gasteiger partial charge on any atom is -0.445 e. The molecule has 0 spiro atoms. The van der Waals surface area contributed by atoms with Gasteiger partial charge in [-0.1, -0.05) is 153 Å². The van der Waals surface area contributed by atoms with Crippen molar-refractivity contribution in [2.24, 2.45) is 35.3 Å². The van der Waals surface area contributed by atoms with Crippen LogP contribution >= 0.6 is 0 Å². The summed E-state index contributed by atoms with van der Waals surface area (Å²) in [4.78, 5) is 156. The Hall–Kier alpha value is -10.1. The standard InChI is InChI=1S/C88H128N12O19/c1-15-59(8)79(71(113-13)53-75(104)99-44-24-32-70(99)81(114-14)60(9)82(106)92-61(10)80(105)65-27-17-16-18-28-65)97(11)86(110)77(57(4)5)96-85(109)78(58(6)7)98(12)88(112)119-55-62-33-37-67(38-34-62)93-83(107)68(30-23-42-91-87(89)111)94-84(108)76(56(2)3)95-73(102)41-45-115-47-49-117-51-52-118-50-48-116-46-43-90-72(101)39-40-74(103)100-54-66-29-20-19-25-63(66)35-36-64-26-21-22-31-69(64)100/h16-22,25-29,31,33-34,37-38,56-61,68,70-71,76-81,105H,15,23-24,30,32,39-55H2,1-14H3,(H,90,101)(H,92,106)(H,93,107)(H,94,108)(H,95,102)(H,96,109)(H3,89,91,111). The fraction of sp³-hybridized carbons (Fsp3) is 0.580. The Morgan fingerprint density at radius 2 is 1.21 bits per heavy atom. The molecule has 4 aromatic carbocycles. The number of aliphatic hydroxyl groups excluding tert-OH is 1. The number of primary amides is 1. The van der Waals surface area contributed by atoms with Gasteiger partial charge in [-0.05, 0) is 103 Å². The van der Waals surface area contributed by atoms with Gasteiger partial charge in [0.25, 0.3) is 0 Å². The molecule has 654 valence electrons. The molecular formula is C88H128N12O19. The quantitative estimate of drug-likeness (QED) is 0.0160. The number of carbonyl (C=O) groups excluding carboxylic acids is 11. The largest absolute Gasteiger partial charge is 0.445 e. The van der Waals surface area contributed by atoms with E-state index in [0.717, 1.165) is 16.7 Å². The second-order valence-corrected chi connectivity index (χ2v) is 31.3. The molecule has 31 heteroatoms. The van der Waals surface area contributed by atoms with Gasteiger partial charge >= 0.3 is 12.1 Å². The van der Waals surface area contributed by atoms with Gasteiger partial charge in [-0.2, -0.15) is 0 Å². The van der Waals surface area contributed by atoms with Crippen LogP contribution in [0.3, 0.4) is 0 Å². The third kappa shape index (κ3) is 30.9. The number of ether oxygens (including phenoxy) is 7. The van der Waals surface area contributed by atoms with E-state index < -0.39 is 126 Å². The molecule has 12 atom stereocenters. The van der Waals surface area contributed by atoms with Crippen LogP contribution in [-0.4, -0.2) is 240 Å². The molecule has 2 aliphatic rings. The highest BCUT2D eigenvalue weighted by Crippen LogP contribution is 2.32. The maximum absolute atomic E-state index is 14.9. The van der Waals surface area contributed by atoms with Crippen molar-refractivity contribution in [2.45, 2.75) is 201 Å². The van der Waals surface area contributed by atoms with Crippen LogP contribution in [0.15, 0.2) is 103 Å². The van der Waals surface area contributed by atoms with Crippen molar-refractivity contribution in [3.05, 3.63) is 131 Å². The summed E-state index contributed by atoms with van der Waals surface area (Å²) in [5, 5.41) is 30.5. The van der Waals surface area contributed by atoms with Gasteiger partial charge in [-0.15, -0.1) is 0 Å². The fourth-order valence-corrected chi connectivity index (χ4v) is 14.5. The lowest BCUT2D eigenvalue weighted by molar-refractivity contribution is -0.148. The van der Waals surface area contributed by atoms with Crippen LogP contribution in [0.1, 0.15) is 161 Å². The van der Waals surface area contributed by atoms with Crippen LogP contribution in [0.4, 0.5) is 21.0 Å². The maximum Gasteiger partial charge on any atom is 0.410 e. The third-order valence-corrected chi connectivity index (χ3v) is 21.4. The smallest absolute Gasteiger partial charge is 0.410 e. The summed E-state index contributed by atoms with van der Waals surface area (Å²) in [6.07, 6.45) is -1.18. The lowest BCUT2D eigenvalue weighted by atomic mass is 9.89. The third-order valence-electron chi connectivity index (χ3n) is 21.4. The predicted octanol–water partition coefficient (Wildman–Crippen LogP) is 6.89. The number of nitrogens with two attached hydrogens (primary N) is 1. The molecule has 6 rings (SSSR count). The highest BCUT2D eigenvalue weighted by atomic mass is 16.6. The molecule has 119 heavy (non-hydrogen) atoms. The van der Waals surface area contributed by atoms with Crippen LogP contribution in [-0.2, 0) is 89.5 Å². The first-order chi connectivity index (χ1) is 56.9. The normalized spacial score (nSPS) is 15.8. The Balaban J connectivity index is 0.901. The number of hydrogen-bond donors (Lipinski definition) is 9. The van der Waals surface area contributed by atoms with Gasteiger partial charge in [0, 0.05) is 84.0 Å². The van der Waals surface area contributed by atoms with Gasteiger partial charge in [0.15, 0.2) is 0 Å². The van der Waals surface area contributed by atoms with Crippen molar-refractivity contribution < 1.29 is 91.0 Å². The predicted molar refractivity (Wildman–Crippen MR) is 449 cm³/mol. The number of nitrogens with one attached hydrogen (secondary N) is 7. The molecule has 0 radical (unpaired) electrons. The summed E-state index contributed by atoms with van der Waals surface area (Å²) in [6.45, 7) is 20.8. The van der Waals surface area contributed by atoms with Crippen molar-refractivity contribution in [1.82, 2.24) is 46.6 Å². The van der Waals surface area contributed by atoms with Gasteiger partial charge in [0.1, 0.15) is 30.8 Å². The molecule has 0 bridgehead atoms. The average molecular weight is 1660 g/mol. The summed E-state index contributed by atoms with van der Waals surface area (Å²) in [5.74, 6) is 0.491. The second-order valence-electron chi connectivity index (χ2n) is 31.3. The van der Waals surface area contributed by atoms with Gasteiger partial charge in [-0.25, -0.2) is 9.59 Å². The van der Waals surface area contributed by atoms with Crippen molar-refractivity contribution >= 4 is 76.7 Å². The number of amides is 12. The van der Waals surface area contributed by atoms with E-state index in [0.29, 0.717) is 68.1 Å². The highest BCUT2D eigenvalue weighted by molar-refractivity contribution is 5.99. The second kappa shape index (κ2) is 50.8. The van der Waals surface area contributed by atoms with E-state index in [1.807, 2.05) is 80.6 Å².